The summed E-state index contributed by atoms with van der Waals surface area (Å²) in [7, 11) is 0. The van der Waals surface area contributed by atoms with Crippen LogP contribution in [0.1, 0.15) is 0 Å². The molecule has 5 aromatic carbocycles. The van der Waals surface area contributed by atoms with Gasteiger partial charge < -0.3 is 9.30 Å². The highest BCUT2D eigenvalue weighted by Crippen LogP contribution is 2.39. The van der Waals surface area contributed by atoms with Crippen molar-refractivity contribution >= 4 is 54.9 Å². The normalized spacial score (nSPS) is 11.6. The fourth-order valence-electron chi connectivity index (χ4n) is 6.26. The third kappa shape index (κ3) is 3.92. The molecule has 9 rings (SSSR count). The number of thiazole rings is 1. The van der Waals surface area contributed by atoms with Gasteiger partial charge in [-0.15, -0.1) is 0 Å². The monoisotopic (exact) mass is 584 g/mol. The summed E-state index contributed by atoms with van der Waals surface area (Å²) in [5, 5.41) is 6.97. The van der Waals surface area contributed by atoms with E-state index in [9.17, 15) is 0 Å². The van der Waals surface area contributed by atoms with Gasteiger partial charge in [-0.1, -0.05) is 90.2 Å². The minimum absolute atomic E-state index is 0.567. The molecule has 9 aromatic rings. The number of benzene rings is 5. The third-order valence-electron chi connectivity index (χ3n) is 8.15. The maximum absolute atomic E-state index is 6.10. The van der Waals surface area contributed by atoms with Gasteiger partial charge >= 0.3 is 0 Å². The first-order chi connectivity index (χ1) is 21.8. The van der Waals surface area contributed by atoms with Crippen molar-refractivity contribution in [2.75, 3.05) is 0 Å². The molecule has 0 bridgehead atoms. The summed E-state index contributed by atoms with van der Waals surface area (Å²) >= 11 is 1.71. The molecule has 0 saturated heterocycles. The van der Waals surface area contributed by atoms with E-state index in [2.05, 4.69) is 117 Å². The Morgan fingerprint density at radius 1 is 0.523 bits per heavy atom. The molecule has 6 heteroatoms. The molecule has 208 valence electrons. The number of aromatic nitrogens is 4. The number of para-hydroxylation sites is 3. The van der Waals surface area contributed by atoms with Gasteiger partial charge in [0.1, 0.15) is 15.8 Å². The molecule has 4 aromatic heterocycles. The number of nitrogens with zero attached hydrogens (tertiary/aromatic N) is 4. The standard InChI is InChI=1S/C38H24N4OS/c1-4-15-32-30(14-1)31-20-19-25(22-35(31)41(32)26-10-9-11-27(23-26)43-36-18-7-8-21-39-36)38-40-24-37(44-38)42-33-16-5-2-12-28(33)29-13-3-6-17-34(29)42/h1-24H. The molecule has 0 spiro atoms. The second kappa shape index (κ2) is 9.93. The van der Waals surface area contributed by atoms with Crippen molar-refractivity contribution in [1.29, 1.82) is 0 Å². The Bertz CT molecular complexity index is 2440. The average Bonchev–Trinajstić information content (AvgIpc) is 3.78. The number of hydrogen-bond acceptors (Lipinski definition) is 4. The number of pyridine rings is 1. The van der Waals surface area contributed by atoms with Gasteiger partial charge in [-0.2, -0.15) is 0 Å². The van der Waals surface area contributed by atoms with Crippen molar-refractivity contribution in [2.45, 2.75) is 0 Å². The summed E-state index contributed by atoms with van der Waals surface area (Å²) in [6.45, 7) is 0. The Morgan fingerprint density at radius 2 is 1.18 bits per heavy atom. The second-order valence-corrected chi connectivity index (χ2v) is 11.7. The van der Waals surface area contributed by atoms with E-state index >= 15 is 0 Å². The third-order valence-corrected chi connectivity index (χ3v) is 9.18. The first-order valence-corrected chi connectivity index (χ1v) is 15.3. The Hall–Kier alpha value is -5.72. The number of ether oxygens (including phenoxy) is 1. The van der Waals surface area contributed by atoms with Crippen LogP contribution in [0.15, 0.2) is 146 Å². The predicted molar refractivity (Wildman–Crippen MR) is 181 cm³/mol. The molecule has 0 radical (unpaired) electrons. The molecule has 44 heavy (non-hydrogen) atoms. The summed E-state index contributed by atoms with van der Waals surface area (Å²) in [6.07, 6.45) is 3.73. The van der Waals surface area contributed by atoms with Crippen molar-refractivity contribution in [3.05, 3.63) is 146 Å². The molecular formula is C38H24N4OS. The molecule has 0 N–H and O–H groups in total. The minimum atomic E-state index is 0.567. The molecule has 0 unspecified atom stereocenters. The molecule has 4 heterocycles. The van der Waals surface area contributed by atoms with Gasteiger partial charge in [0.05, 0.1) is 28.3 Å². The fraction of sp³-hybridized carbons (Fsp3) is 0. The van der Waals surface area contributed by atoms with E-state index in [-0.39, 0.29) is 0 Å². The molecule has 5 nitrogen and oxygen atoms in total. The molecular weight excluding hydrogens is 561 g/mol. The van der Waals surface area contributed by atoms with E-state index in [1.807, 2.05) is 36.5 Å². The minimum Gasteiger partial charge on any atom is -0.439 e. The van der Waals surface area contributed by atoms with Crippen LogP contribution in [0.2, 0.25) is 0 Å². The van der Waals surface area contributed by atoms with Gasteiger partial charge in [0.15, 0.2) is 0 Å². The molecule has 0 atom stereocenters. The maximum atomic E-state index is 6.10. The highest BCUT2D eigenvalue weighted by molar-refractivity contribution is 7.17. The molecule has 0 amide bonds. The lowest BCUT2D eigenvalue weighted by molar-refractivity contribution is 0.463. The van der Waals surface area contributed by atoms with E-state index < -0.39 is 0 Å². The van der Waals surface area contributed by atoms with Crippen LogP contribution in [0.4, 0.5) is 0 Å². The Kier molecular flexibility index (Phi) is 5.61. The molecule has 0 aliphatic carbocycles. The van der Waals surface area contributed by atoms with Crippen LogP contribution >= 0.6 is 11.3 Å². The zero-order valence-electron chi connectivity index (χ0n) is 23.5. The molecule has 0 saturated carbocycles. The Labute approximate surface area is 256 Å². The lowest BCUT2D eigenvalue weighted by Gasteiger charge is -2.11. The number of hydrogen-bond donors (Lipinski definition) is 0. The van der Waals surface area contributed by atoms with E-state index in [0.29, 0.717) is 5.88 Å². The topological polar surface area (TPSA) is 44.9 Å². The zero-order valence-corrected chi connectivity index (χ0v) is 24.3. The largest absolute Gasteiger partial charge is 0.439 e. The summed E-state index contributed by atoms with van der Waals surface area (Å²) in [5.74, 6) is 1.30. The van der Waals surface area contributed by atoms with E-state index in [1.165, 1.54) is 32.6 Å². The van der Waals surface area contributed by atoms with Crippen LogP contribution in [0.25, 0.3) is 64.9 Å². The Balaban J connectivity index is 1.19. The zero-order chi connectivity index (χ0) is 29.0. The van der Waals surface area contributed by atoms with Crippen LogP contribution in [-0.2, 0) is 0 Å². The van der Waals surface area contributed by atoms with E-state index in [0.717, 1.165) is 38.0 Å². The molecule has 0 fully saturated rings. The molecule has 0 aliphatic rings. The lowest BCUT2D eigenvalue weighted by Crippen LogP contribution is -1.95. The molecule has 0 aliphatic heterocycles. The predicted octanol–water partition coefficient (Wildman–Crippen LogP) is 10.2. The summed E-state index contributed by atoms with van der Waals surface area (Å²) < 4.78 is 10.7. The highest BCUT2D eigenvalue weighted by atomic mass is 32.1. The van der Waals surface area contributed by atoms with Crippen LogP contribution < -0.4 is 4.74 Å². The van der Waals surface area contributed by atoms with E-state index in [4.69, 9.17) is 9.72 Å². The van der Waals surface area contributed by atoms with E-state index in [1.54, 1.807) is 17.5 Å². The lowest BCUT2D eigenvalue weighted by atomic mass is 10.1. The van der Waals surface area contributed by atoms with Gasteiger partial charge in [-0.3, -0.25) is 4.57 Å². The first-order valence-electron chi connectivity index (χ1n) is 14.5. The SMILES string of the molecule is c1ccc(Oc2cccc(-n3c4ccccc4c4ccc(-c5ncc(-n6c7ccccc7c7ccccc76)s5)cc43)c2)nc1. The first kappa shape index (κ1) is 24.8. The van der Waals surface area contributed by atoms with Gasteiger partial charge in [-0.05, 0) is 42.5 Å². The highest BCUT2D eigenvalue weighted by Gasteiger charge is 2.17. The van der Waals surface area contributed by atoms with Crippen molar-refractivity contribution in [3.8, 4) is 32.9 Å². The number of rotatable bonds is 5. The smallest absolute Gasteiger partial charge is 0.219 e. The van der Waals surface area contributed by atoms with Crippen molar-refractivity contribution in [1.82, 2.24) is 19.1 Å². The van der Waals surface area contributed by atoms with Gasteiger partial charge in [0, 0.05) is 51.1 Å². The van der Waals surface area contributed by atoms with Crippen molar-refractivity contribution in [3.63, 3.8) is 0 Å². The summed E-state index contributed by atoms with van der Waals surface area (Å²) in [5.41, 5.74) is 6.73. The van der Waals surface area contributed by atoms with Crippen LogP contribution in [-0.4, -0.2) is 19.1 Å². The van der Waals surface area contributed by atoms with Crippen molar-refractivity contribution in [2.24, 2.45) is 0 Å². The van der Waals surface area contributed by atoms with Crippen LogP contribution in [0.3, 0.4) is 0 Å². The van der Waals surface area contributed by atoms with Crippen LogP contribution in [0, 0.1) is 0 Å². The van der Waals surface area contributed by atoms with Crippen LogP contribution in [0.5, 0.6) is 11.6 Å². The van der Waals surface area contributed by atoms with Gasteiger partial charge in [-0.25, -0.2) is 9.97 Å². The van der Waals surface area contributed by atoms with Gasteiger partial charge in [0.2, 0.25) is 5.88 Å². The second-order valence-electron chi connectivity index (χ2n) is 10.7. The fourth-order valence-corrected chi connectivity index (χ4v) is 7.20. The Morgan fingerprint density at radius 3 is 1.89 bits per heavy atom. The number of fused-ring (bicyclic) bond motifs is 6. The average molecular weight is 585 g/mol. The van der Waals surface area contributed by atoms with Gasteiger partial charge in [0.25, 0.3) is 0 Å². The summed E-state index contributed by atoms with van der Waals surface area (Å²) in [6, 6.07) is 46.2. The van der Waals surface area contributed by atoms with Crippen molar-refractivity contribution < 1.29 is 4.74 Å². The summed E-state index contributed by atoms with van der Waals surface area (Å²) in [4.78, 5) is 9.27. The quantitative estimate of drug-likeness (QED) is 0.202. The maximum Gasteiger partial charge on any atom is 0.219 e.